The number of aromatic nitrogens is 1. The Bertz CT molecular complexity index is 525. The normalized spacial score (nSPS) is 12.5. The third-order valence-corrected chi connectivity index (χ3v) is 3.88. The lowest BCUT2D eigenvalue weighted by atomic mass is 10.1. The molecule has 21 heavy (non-hydrogen) atoms. The first-order chi connectivity index (χ1) is 10.2. The molecule has 1 aromatic carbocycles. The van der Waals surface area contributed by atoms with Crippen LogP contribution in [-0.4, -0.2) is 11.1 Å². The van der Waals surface area contributed by atoms with Crippen LogP contribution in [0.3, 0.4) is 0 Å². The molecule has 0 amide bonds. The minimum Gasteiger partial charge on any atom is -0.350 e. The van der Waals surface area contributed by atoms with E-state index in [1.54, 1.807) is 0 Å². The van der Waals surface area contributed by atoms with E-state index >= 15 is 0 Å². The van der Waals surface area contributed by atoms with E-state index in [9.17, 15) is 0 Å². The average Bonchev–Trinajstić information content (AvgIpc) is 2.94. The monoisotopic (exact) mass is 284 g/mol. The molecule has 0 fully saturated rings. The number of benzene rings is 1. The zero-order valence-corrected chi connectivity index (χ0v) is 13.6. The SMILES string of the molecule is CCCNC(CCC)c1ccn(Cc2ccc(C)cc2)c1. The molecule has 0 bridgehead atoms. The topological polar surface area (TPSA) is 17.0 Å². The molecule has 0 aliphatic rings. The molecule has 2 rings (SSSR count). The molecular weight excluding hydrogens is 256 g/mol. The Balaban J connectivity index is 2.03. The molecule has 1 unspecified atom stereocenters. The van der Waals surface area contributed by atoms with Crippen LogP contribution < -0.4 is 5.32 Å². The predicted octanol–water partition coefficient (Wildman–Crippen LogP) is 4.69. The van der Waals surface area contributed by atoms with Crippen molar-refractivity contribution in [2.75, 3.05) is 6.54 Å². The van der Waals surface area contributed by atoms with Gasteiger partial charge < -0.3 is 9.88 Å². The first-order valence-corrected chi connectivity index (χ1v) is 8.17. The van der Waals surface area contributed by atoms with Gasteiger partial charge in [-0.15, -0.1) is 0 Å². The Morgan fingerprint density at radius 1 is 1.05 bits per heavy atom. The molecule has 2 heteroatoms. The summed E-state index contributed by atoms with van der Waals surface area (Å²) in [6, 6.07) is 11.6. The van der Waals surface area contributed by atoms with Crippen LogP contribution in [0.15, 0.2) is 42.7 Å². The van der Waals surface area contributed by atoms with Gasteiger partial charge >= 0.3 is 0 Å². The van der Waals surface area contributed by atoms with Gasteiger partial charge in [0.15, 0.2) is 0 Å². The molecule has 2 aromatic rings. The van der Waals surface area contributed by atoms with Gasteiger partial charge in [0.05, 0.1) is 0 Å². The van der Waals surface area contributed by atoms with Crippen LogP contribution in [-0.2, 0) is 6.54 Å². The van der Waals surface area contributed by atoms with Crippen molar-refractivity contribution in [3.05, 3.63) is 59.4 Å². The van der Waals surface area contributed by atoms with E-state index in [0.717, 1.165) is 13.1 Å². The van der Waals surface area contributed by atoms with Gasteiger partial charge in [-0.1, -0.05) is 50.1 Å². The Morgan fingerprint density at radius 2 is 1.81 bits per heavy atom. The van der Waals surface area contributed by atoms with Crippen LogP contribution in [0.5, 0.6) is 0 Å². The molecule has 1 N–H and O–H groups in total. The van der Waals surface area contributed by atoms with Crippen LogP contribution in [0.2, 0.25) is 0 Å². The standard InChI is InChI=1S/C19H28N2/c1-4-6-19(20-12-5-2)18-11-13-21(15-18)14-17-9-7-16(3)8-10-17/h7-11,13,15,19-20H,4-6,12,14H2,1-3H3. The Kier molecular flexibility index (Phi) is 6.06. The molecule has 1 atom stereocenters. The van der Waals surface area contributed by atoms with Crippen LogP contribution in [0, 0.1) is 6.92 Å². The zero-order valence-electron chi connectivity index (χ0n) is 13.6. The Morgan fingerprint density at radius 3 is 2.48 bits per heavy atom. The molecule has 1 aromatic heterocycles. The van der Waals surface area contributed by atoms with Gasteiger partial charge in [-0.2, -0.15) is 0 Å². The quantitative estimate of drug-likeness (QED) is 0.744. The molecule has 0 saturated heterocycles. The number of nitrogens with one attached hydrogen (secondary N) is 1. The average molecular weight is 284 g/mol. The summed E-state index contributed by atoms with van der Waals surface area (Å²) in [5, 5.41) is 3.66. The van der Waals surface area contributed by atoms with Crippen molar-refractivity contribution in [1.82, 2.24) is 9.88 Å². The highest BCUT2D eigenvalue weighted by Gasteiger charge is 2.10. The zero-order chi connectivity index (χ0) is 15.1. The minimum atomic E-state index is 0.495. The molecule has 0 saturated carbocycles. The second-order valence-electron chi connectivity index (χ2n) is 5.90. The number of aryl methyl sites for hydroxylation is 1. The number of hydrogen-bond acceptors (Lipinski definition) is 1. The summed E-state index contributed by atoms with van der Waals surface area (Å²) in [5.41, 5.74) is 4.09. The van der Waals surface area contributed by atoms with E-state index in [0.29, 0.717) is 6.04 Å². The van der Waals surface area contributed by atoms with Gasteiger partial charge in [0.25, 0.3) is 0 Å². The Hall–Kier alpha value is -1.54. The molecule has 0 spiro atoms. The van der Waals surface area contributed by atoms with Gasteiger partial charge in [0, 0.05) is 25.0 Å². The molecule has 0 aliphatic carbocycles. The van der Waals surface area contributed by atoms with Crippen molar-refractivity contribution in [1.29, 1.82) is 0 Å². The van der Waals surface area contributed by atoms with Crippen LogP contribution in [0.4, 0.5) is 0 Å². The molecule has 0 aliphatic heterocycles. The van der Waals surface area contributed by atoms with Crippen molar-refractivity contribution in [2.45, 2.75) is 52.6 Å². The van der Waals surface area contributed by atoms with Crippen molar-refractivity contribution in [2.24, 2.45) is 0 Å². The lowest BCUT2D eigenvalue weighted by Gasteiger charge is -2.16. The third kappa shape index (κ3) is 4.75. The second-order valence-corrected chi connectivity index (χ2v) is 5.90. The maximum Gasteiger partial charge on any atom is 0.0470 e. The van der Waals surface area contributed by atoms with Crippen molar-refractivity contribution < 1.29 is 0 Å². The van der Waals surface area contributed by atoms with E-state index in [1.807, 2.05) is 0 Å². The number of nitrogens with zero attached hydrogens (tertiary/aromatic N) is 1. The number of rotatable bonds is 8. The van der Waals surface area contributed by atoms with Crippen LogP contribution in [0.1, 0.15) is 55.8 Å². The van der Waals surface area contributed by atoms with E-state index in [4.69, 9.17) is 0 Å². The van der Waals surface area contributed by atoms with E-state index in [2.05, 4.69) is 73.4 Å². The fourth-order valence-electron chi connectivity index (χ4n) is 2.66. The van der Waals surface area contributed by atoms with Gasteiger partial charge in [0.2, 0.25) is 0 Å². The van der Waals surface area contributed by atoms with Crippen LogP contribution in [0.25, 0.3) is 0 Å². The fourth-order valence-corrected chi connectivity index (χ4v) is 2.66. The fraction of sp³-hybridized carbons (Fsp3) is 0.474. The lowest BCUT2D eigenvalue weighted by Crippen LogP contribution is -2.21. The van der Waals surface area contributed by atoms with Gasteiger partial charge in [-0.25, -0.2) is 0 Å². The van der Waals surface area contributed by atoms with E-state index in [1.165, 1.54) is 36.0 Å². The molecule has 114 valence electrons. The summed E-state index contributed by atoms with van der Waals surface area (Å²) in [6.45, 7) is 8.65. The van der Waals surface area contributed by atoms with Crippen molar-refractivity contribution >= 4 is 0 Å². The third-order valence-electron chi connectivity index (χ3n) is 3.88. The summed E-state index contributed by atoms with van der Waals surface area (Å²) < 4.78 is 2.29. The second kappa shape index (κ2) is 8.04. The van der Waals surface area contributed by atoms with Gasteiger partial charge in [0.1, 0.15) is 0 Å². The highest BCUT2D eigenvalue weighted by Crippen LogP contribution is 2.19. The first kappa shape index (κ1) is 15.8. The smallest absolute Gasteiger partial charge is 0.0470 e. The van der Waals surface area contributed by atoms with Crippen molar-refractivity contribution in [3.8, 4) is 0 Å². The van der Waals surface area contributed by atoms with E-state index in [-0.39, 0.29) is 0 Å². The summed E-state index contributed by atoms with van der Waals surface area (Å²) >= 11 is 0. The maximum atomic E-state index is 3.66. The molecular formula is C19H28N2. The summed E-state index contributed by atoms with van der Waals surface area (Å²) in [6.07, 6.45) is 8.09. The summed E-state index contributed by atoms with van der Waals surface area (Å²) in [4.78, 5) is 0. The maximum absolute atomic E-state index is 3.66. The van der Waals surface area contributed by atoms with Gasteiger partial charge in [-0.3, -0.25) is 0 Å². The lowest BCUT2D eigenvalue weighted by molar-refractivity contribution is 0.493. The molecule has 2 nitrogen and oxygen atoms in total. The largest absolute Gasteiger partial charge is 0.350 e. The predicted molar refractivity (Wildman–Crippen MR) is 90.7 cm³/mol. The first-order valence-electron chi connectivity index (χ1n) is 8.17. The molecule has 0 radical (unpaired) electrons. The summed E-state index contributed by atoms with van der Waals surface area (Å²) in [7, 11) is 0. The van der Waals surface area contributed by atoms with E-state index < -0.39 is 0 Å². The molecule has 1 heterocycles. The minimum absolute atomic E-state index is 0.495. The highest BCUT2D eigenvalue weighted by molar-refractivity contribution is 5.23. The van der Waals surface area contributed by atoms with Gasteiger partial charge in [-0.05, 0) is 43.5 Å². The summed E-state index contributed by atoms with van der Waals surface area (Å²) in [5.74, 6) is 0. The number of hydrogen-bond donors (Lipinski definition) is 1. The van der Waals surface area contributed by atoms with Crippen molar-refractivity contribution in [3.63, 3.8) is 0 Å². The van der Waals surface area contributed by atoms with Crippen LogP contribution >= 0.6 is 0 Å². The highest BCUT2D eigenvalue weighted by atomic mass is 15.0. The Labute approximate surface area is 129 Å².